The SMILES string of the molecule is COC1CC(NC(=O)C(C)(C)CN)C1(C)C. The Morgan fingerprint density at radius 1 is 1.56 bits per heavy atom. The molecule has 16 heavy (non-hydrogen) atoms. The summed E-state index contributed by atoms with van der Waals surface area (Å²) < 4.78 is 5.35. The molecule has 0 saturated heterocycles. The van der Waals surface area contributed by atoms with E-state index in [-0.39, 0.29) is 23.5 Å². The number of methoxy groups -OCH3 is 1. The van der Waals surface area contributed by atoms with E-state index in [1.807, 2.05) is 13.8 Å². The highest BCUT2D eigenvalue weighted by atomic mass is 16.5. The molecule has 4 heteroatoms. The second kappa shape index (κ2) is 4.34. The molecule has 0 spiro atoms. The Hall–Kier alpha value is -0.610. The Labute approximate surface area is 97.9 Å². The van der Waals surface area contributed by atoms with Crippen molar-refractivity contribution in [3.63, 3.8) is 0 Å². The Kier molecular flexibility index (Phi) is 3.65. The maximum atomic E-state index is 11.9. The fourth-order valence-electron chi connectivity index (χ4n) is 1.98. The number of carbonyl (C=O) groups excluding carboxylic acids is 1. The monoisotopic (exact) mass is 228 g/mol. The van der Waals surface area contributed by atoms with Crippen molar-refractivity contribution in [2.75, 3.05) is 13.7 Å². The molecule has 1 fully saturated rings. The van der Waals surface area contributed by atoms with E-state index in [1.54, 1.807) is 7.11 Å². The smallest absolute Gasteiger partial charge is 0.227 e. The molecular formula is C12H24N2O2. The molecule has 0 bridgehead atoms. The molecule has 94 valence electrons. The van der Waals surface area contributed by atoms with Crippen molar-refractivity contribution >= 4 is 5.91 Å². The molecule has 1 amide bonds. The van der Waals surface area contributed by atoms with Crippen LogP contribution >= 0.6 is 0 Å². The minimum Gasteiger partial charge on any atom is -0.381 e. The Morgan fingerprint density at radius 2 is 2.12 bits per heavy atom. The largest absolute Gasteiger partial charge is 0.381 e. The van der Waals surface area contributed by atoms with Gasteiger partial charge in [-0.25, -0.2) is 0 Å². The van der Waals surface area contributed by atoms with Crippen molar-refractivity contribution < 1.29 is 9.53 Å². The summed E-state index contributed by atoms with van der Waals surface area (Å²) in [5.41, 5.74) is 5.10. The maximum absolute atomic E-state index is 11.9. The number of amides is 1. The van der Waals surface area contributed by atoms with Gasteiger partial charge in [0.05, 0.1) is 11.5 Å². The first kappa shape index (κ1) is 13.5. The number of ether oxygens (including phenoxy) is 1. The zero-order valence-electron chi connectivity index (χ0n) is 11.0. The number of carbonyl (C=O) groups is 1. The molecule has 4 nitrogen and oxygen atoms in total. The predicted octanol–water partition coefficient (Wildman–Crippen LogP) is 0.901. The molecular weight excluding hydrogens is 204 g/mol. The molecule has 1 saturated carbocycles. The fourth-order valence-corrected chi connectivity index (χ4v) is 1.98. The summed E-state index contributed by atoms with van der Waals surface area (Å²) in [6.45, 7) is 8.32. The molecule has 0 aliphatic heterocycles. The minimum atomic E-state index is -0.492. The fraction of sp³-hybridized carbons (Fsp3) is 0.917. The van der Waals surface area contributed by atoms with Crippen molar-refractivity contribution in [1.82, 2.24) is 5.32 Å². The van der Waals surface area contributed by atoms with Gasteiger partial charge in [-0.2, -0.15) is 0 Å². The van der Waals surface area contributed by atoms with Gasteiger partial charge in [0.25, 0.3) is 0 Å². The Balaban J connectivity index is 2.55. The lowest BCUT2D eigenvalue weighted by molar-refractivity contribution is -0.139. The van der Waals surface area contributed by atoms with Crippen LogP contribution in [-0.4, -0.2) is 31.7 Å². The van der Waals surface area contributed by atoms with Crippen LogP contribution in [0.25, 0.3) is 0 Å². The predicted molar refractivity (Wildman–Crippen MR) is 64.0 cm³/mol. The third kappa shape index (κ3) is 2.23. The lowest BCUT2D eigenvalue weighted by atomic mass is 9.64. The van der Waals surface area contributed by atoms with E-state index >= 15 is 0 Å². The van der Waals surface area contributed by atoms with Crippen LogP contribution in [0, 0.1) is 10.8 Å². The first-order chi connectivity index (χ1) is 7.25. The van der Waals surface area contributed by atoms with Gasteiger partial charge in [0.1, 0.15) is 0 Å². The van der Waals surface area contributed by atoms with Gasteiger partial charge < -0.3 is 15.8 Å². The Morgan fingerprint density at radius 3 is 2.50 bits per heavy atom. The zero-order chi connectivity index (χ0) is 12.6. The third-order valence-corrected chi connectivity index (χ3v) is 3.89. The summed E-state index contributed by atoms with van der Waals surface area (Å²) in [6.07, 6.45) is 1.12. The van der Waals surface area contributed by atoms with Gasteiger partial charge in [-0.3, -0.25) is 4.79 Å². The molecule has 1 aliphatic carbocycles. The molecule has 1 aliphatic rings. The molecule has 0 aromatic carbocycles. The zero-order valence-corrected chi connectivity index (χ0v) is 11.0. The minimum absolute atomic E-state index is 0.00902. The molecule has 0 aromatic rings. The van der Waals surface area contributed by atoms with Gasteiger partial charge in [0.2, 0.25) is 5.91 Å². The van der Waals surface area contributed by atoms with E-state index < -0.39 is 5.41 Å². The highest BCUT2D eigenvalue weighted by molar-refractivity contribution is 5.82. The summed E-state index contributed by atoms with van der Waals surface area (Å²) in [7, 11) is 1.72. The third-order valence-electron chi connectivity index (χ3n) is 3.89. The second-order valence-electron chi connectivity index (χ2n) is 5.90. The van der Waals surface area contributed by atoms with Crippen LogP contribution in [0.15, 0.2) is 0 Å². The molecule has 2 unspecified atom stereocenters. The van der Waals surface area contributed by atoms with Crippen molar-refractivity contribution in [2.45, 2.75) is 46.3 Å². The summed E-state index contributed by atoms with van der Waals surface area (Å²) in [5, 5.41) is 3.06. The van der Waals surface area contributed by atoms with Crippen LogP contribution < -0.4 is 11.1 Å². The molecule has 0 heterocycles. The lowest BCUT2D eigenvalue weighted by Gasteiger charge is -2.51. The molecule has 0 aromatic heterocycles. The van der Waals surface area contributed by atoms with Crippen LogP contribution in [0.1, 0.15) is 34.1 Å². The van der Waals surface area contributed by atoms with Crippen molar-refractivity contribution in [1.29, 1.82) is 0 Å². The highest BCUT2D eigenvalue weighted by Crippen LogP contribution is 2.42. The van der Waals surface area contributed by atoms with Crippen molar-refractivity contribution in [2.24, 2.45) is 16.6 Å². The quantitative estimate of drug-likeness (QED) is 0.751. The van der Waals surface area contributed by atoms with E-state index in [4.69, 9.17) is 10.5 Å². The summed E-state index contributed by atoms with van der Waals surface area (Å²) in [4.78, 5) is 11.9. The van der Waals surface area contributed by atoms with Crippen molar-refractivity contribution in [3.05, 3.63) is 0 Å². The molecule has 1 rings (SSSR count). The van der Waals surface area contributed by atoms with Gasteiger partial charge in [-0.05, 0) is 20.3 Å². The maximum Gasteiger partial charge on any atom is 0.227 e. The first-order valence-corrected chi connectivity index (χ1v) is 5.79. The van der Waals surface area contributed by atoms with E-state index in [9.17, 15) is 4.79 Å². The van der Waals surface area contributed by atoms with E-state index in [0.717, 1.165) is 6.42 Å². The lowest BCUT2D eigenvalue weighted by Crippen LogP contribution is -2.63. The van der Waals surface area contributed by atoms with E-state index in [0.29, 0.717) is 6.54 Å². The normalized spacial score (nSPS) is 28.4. The standard InChI is InChI=1S/C12H24N2O2/c1-11(2,7-13)10(15)14-8-6-9(16-5)12(8,3)4/h8-9H,6-7,13H2,1-5H3,(H,14,15). The summed E-state index contributed by atoms with van der Waals surface area (Å²) in [6, 6.07) is 0.191. The van der Waals surface area contributed by atoms with E-state index in [1.165, 1.54) is 0 Å². The van der Waals surface area contributed by atoms with Crippen LogP contribution in [-0.2, 0) is 9.53 Å². The van der Waals surface area contributed by atoms with Gasteiger partial charge in [-0.1, -0.05) is 13.8 Å². The molecule has 0 radical (unpaired) electrons. The second-order valence-corrected chi connectivity index (χ2v) is 5.90. The number of hydrogen-bond acceptors (Lipinski definition) is 3. The molecule has 2 atom stereocenters. The number of rotatable bonds is 4. The van der Waals surface area contributed by atoms with Gasteiger partial charge >= 0.3 is 0 Å². The molecule has 3 N–H and O–H groups in total. The topological polar surface area (TPSA) is 64.3 Å². The van der Waals surface area contributed by atoms with Crippen LogP contribution in [0.3, 0.4) is 0 Å². The van der Waals surface area contributed by atoms with Crippen molar-refractivity contribution in [3.8, 4) is 0 Å². The van der Waals surface area contributed by atoms with Crippen LogP contribution in [0.5, 0.6) is 0 Å². The Bertz CT molecular complexity index is 274. The summed E-state index contributed by atoms with van der Waals surface area (Å²) in [5.74, 6) is 0.0302. The number of nitrogens with one attached hydrogen (secondary N) is 1. The summed E-state index contributed by atoms with van der Waals surface area (Å²) >= 11 is 0. The van der Waals surface area contributed by atoms with Crippen LogP contribution in [0.2, 0.25) is 0 Å². The van der Waals surface area contributed by atoms with Gasteiger partial charge in [0.15, 0.2) is 0 Å². The van der Waals surface area contributed by atoms with Gasteiger partial charge in [0, 0.05) is 25.1 Å². The van der Waals surface area contributed by atoms with E-state index in [2.05, 4.69) is 19.2 Å². The van der Waals surface area contributed by atoms with Crippen LogP contribution in [0.4, 0.5) is 0 Å². The average molecular weight is 228 g/mol. The average Bonchev–Trinajstić information content (AvgIpc) is 2.22. The highest BCUT2D eigenvalue weighted by Gasteiger charge is 2.49. The van der Waals surface area contributed by atoms with Gasteiger partial charge in [-0.15, -0.1) is 0 Å². The number of hydrogen-bond donors (Lipinski definition) is 2. The first-order valence-electron chi connectivity index (χ1n) is 5.79. The number of nitrogens with two attached hydrogens (primary N) is 1.